The number of pyridine rings is 2. The number of aliphatic carboxylic acids is 1. The number of carbonyl (C=O) groups excluding carboxylic acids is 2. The van der Waals surface area contributed by atoms with E-state index in [9.17, 15) is 24.6 Å². The molecule has 0 unspecified atom stereocenters. The number of carbonyl (C=O) groups is 3. The van der Waals surface area contributed by atoms with Crippen LogP contribution in [0.15, 0.2) is 94.4 Å². The van der Waals surface area contributed by atoms with Crippen molar-refractivity contribution in [3.63, 3.8) is 0 Å². The van der Waals surface area contributed by atoms with Crippen LogP contribution in [0.25, 0.3) is 33.2 Å². The second-order valence-corrected chi connectivity index (χ2v) is 11.2. The topological polar surface area (TPSA) is 169 Å². The maximum Gasteiger partial charge on any atom is 0.360 e. The number of amides is 1. The van der Waals surface area contributed by atoms with E-state index in [1.165, 1.54) is 6.20 Å². The molecule has 6 rings (SSSR count). The van der Waals surface area contributed by atoms with Crippen molar-refractivity contribution in [2.75, 3.05) is 13.2 Å². The molecule has 1 amide bonds. The van der Waals surface area contributed by atoms with Crippen molar-refractivity contribution in [2.45, 2.75) is 6.92 Å². The lowest BCUT2D eigenvalue weighted by Gasteiger charge is -2.08. The first kappa shape index (κ1) is 32.2. The first-order valence-electron chi connectivity index (χ1n) is 13.7. The average molecular weight is 751 g/mol. The summed E-state index contributed by atoms with van der Waals surface area (Å²) < 4.78 is 10.1. The molecule has 0 spiro atoms. The van der Waals surface area contributed by atoms with Crippen molar-refractivity contribution in [3.8, 4) is 22.9 Å². The molecule has 0 bridgehead atoms. The second-order valence-electron chi connectivity index (χ2n) is 9.58. The molecule has 0 aliphatic rings. The molecular weight excluding hydrogens is 726 g/mol. The summed E-state index contributed by atoms with van der Waals surface area (Å²) in [5, 5.41) is 32.5. The number of halogens is 2. The van der Waals surface area contributed by atoms with E-state index in [0.717, 1.165) is 16.0 Å². The zero-order valence-corrected chi connectivity index (χ0v) is 27.2. The molecule has 4 heterocycles. The van der Waals surface area contributed by atoms with E-state index < -0.39 is 24.4 Å². The minimum Gasteiger partial charge on any atom is -0.505 e. The van der Waals surface area contributed by atoms with Gasteiger partial charge in [0.15, 0.2) is 22.9 Å². The summed E-state index contributed by atoms with van der Waals surface area (Å²) in [4.78, 5) is 42.3. The number of nitrogens with one attached hydrogen (secondary N) is 1. The van der Waals surface area contributed by atoms with Gasteiger partial charge in [0.1, 0.15) is 6.54 Å². The highest BCUT2D eigenvalue weighted by molar-refractivity contribution is 9.10. The summed E-state index contributed by atoms with van der Waals surface area (Å²) in [6.45, 7) is 1.38. The van der Waals surface area contributed by atoms with Gasteiger partial charge in [-0.05, 0) is 75.2 Å². The highest BCUT2D eigenvalue weighted by atomic mass is 79.9. The molecular formula is C32H25Br2N5O7. The van der Waals surface area contributed by atoms with Gasteiger partial charge in [-0.3, -0.25) is 9.59 Å². The molecule has 4 aromatic heterocycles. The molecule has 12 nitrogen and oxygen atoms in total. The highest BCUT2D eigenvalue weighted by Crippen LogP contribution is 2.35. The van der Waals surface area contributed by atoms with Gasteiger partial charge < -0.3 is 34.5 Å². The lowest BCUT2D eigenvalue weighted by atomic mass is 10.2. The minimum absolute atomic E-state index is 0.0768. The van der Waals surface area contributed by atoms with Crippen molar-refractivity contribution >= 4 is 71.5 Å². The van der Waals surface area contributed by atoms with Crippen LogP contribution in [0.1, 0.15) is 27.9 Å². The molecule has 0 saturated heterocycles. The second kappa shape index (κ2) is 13.8. The molecule has 0 atom stereocenters. The zero-order chi connectivity index (χ0) is 33.0. The Balaban J connectivity index is 0.000000182. The summed E-state index contributed by atoms with van der Waals surface area (Å²) in [6.07, 6.45) is 3.02. The lowest BCUT2D eigenvalue weighted by molar-refractivity contribution is -0.135. The Bertz CT molecular complexity index is 2080. The van der Waals surface area contributed by atoms with Crippen LogP contribution in [-0.4, -0.2) is 65.4 Å². The van der Waals surface area contributed by atoms with Crippen molar-refractivity contribution in [1.82, 2.24) is 24.4 Å². The third kappa shape index (κ3) is 6.43. The van der Waals surface area contributed by atoms with Gasteiger partial charge in [-0.1, -0.05) is 36.4 Å². The summed E-state index contributed by atoms with van der Waals surface area (Å²) in [6, 6.07) is 22.5. The molecule has 0 aliphatic heterocycles. The first-order valence-corrected chi connectivity index (χ1v) is 15.3. The van der Waals surface area contributed by atoms with Crippen LogP contribution >= 0.6 is 31.9 Å². The minimum atomic E-state index is -1.18. The van der Waals surface area contributed by atoms with Crippen LogP contribution in [0.4, 0.5) is 0 Å². The third-order valence-corrected chi connectivity index (χ3v) is 7.86. The van der Waals surface area contributed by atoms with E-state index >= 15 is 0 Å². The number of hydrogen-bond donors (Lipinski definition) is 4. The van der Waals surface area contributed by atoms with Gasteiger partial charge in [0.25, 0.3) is 5.91 Å². The van der Waals surface area contributed by atoms with Gasteiger partial charge in [-0.25, -0.2) is 14.8 Å². The van der Waals surface area contributed by atoms with Gasteiger partial charge >= 0.3 is 11.9 Å². The Labute approximate surface area is 278 Å². The molecule has 2 aromatic carbocycles. The standard InChI is InChI=1S/C16H12BrN3O4.C16H13BrN2O3/c17-12-6-10-11(20(12)9-4-2-1-3-5-9)7-18-14(15(10)23)16(24)19-8-13(21)22;1-2-22-16(21)14-15(20)11-8-13(17)19(12(11)9-18-14)10-6-4-3-5-7-10/h1-7,23H,8H2,(H,19,24)(H,21,22);3-9,20H,2H2,1H3. The van der Waals surface area contributed by atoms with Crippen LogP contribution in [0.2, 0.25) is 0 Å². The smallest absolute Gasteiger partial charge is 0.360 e. The monoisotopic (exact) mass is 749 g/mol. The molecule has 0 aliphatic carbocycles. The summed E-state index contributed by atoms with van der Waals surface area (Å²) in [5.41, 5.74) is 2.80. The van der Waals surface area contributed by atoms with Crippen molar-refractivity contribution < 1.29 is 34.4 Å². The van der Waals surface area contributed by atoms with E-state index in [2.05, 4.69) is 47.1 Å². The Hall–Kier alpha value is -5.21. The maximum atomic E-state index is 12.0. The molecule has 0 radical (unpaired) electrons. The van der Waals surface area contributed by atoms with Gasteiger partial charge in [0.2, 0.25) is 0 Å². The SMILES string of the molecule is CCOC(=O)c1ncc2c(cc(Br)n2-c2ccccc2)c1O.O=C(O)CNC(=O)c1ncc2c(cc(Br)n2-c2ccccc2)c1O. The summed E-state index contributed by atoms with van der Waals surface area (Å²) in [5.74, 6) is -3.04. The molecule has 6 aromatic rings. The number of hydrogen-bond acceptors (Lipinski definition) is 8. The number of nitrogens with zero attached hydrogens (tertiary/aromatic N) is 4. The Morgan fingerprint density at radius 2 is 1.24 bits per heavy atom. The van der Waals surface area contributed by atoms with E-state index in [1.807, 2.05) is 69.8 Å². The third-order valence-electron chi connectivity index (χ3n) is 6.69. The number of para-hydroxylation sites is 2. The number of carboxylic acids is 1. The van der Waals surface area contributed by atoms with Crippen LogP contribution in [0.3, 0.4) is 0 Å². The van der Waals surface area contributed by atoms with Crippen molar-refractivity contribution in [2.24, 2.45) is 0 Å². The molecule has 46 heavy (non-hydrogen) atoms. The average Bonchev–Trinajstić information content (AvgIpc) is 3.58. The number of ether oxygens (including phenoxy) is 1. The van der Waals surface area contributed by atoms with Gasteiger partial charge in [0.05, 0.1) is 39.2 Å². The Morgan fingerprint density at radius 1 is 0.783 bits per heavy atom. The van der Waals surface area contributed by atoms with E-state index in [0.29, 0.717) is 26.4 Å². The summed E-state index contributed by atoms with van der Waals surface area (Å²) >= 11 is 6.92. The molecule has 0 saturated carbocycles. The zero-order valence-electron chi connectivity index (χ0n) is 24.0. The fourth-order valence-corrected chi connectivity index (χ4v) is 5.93. The number of aromatic nitrogens is 4. The van der Waals surface area contributed by atoms with Crippen LogP contribution in [-0.2, 0) is 9.53 Å². The van der Waals surface area contributed by atoms with Gasteiger partial charge in [0, 0.05) is 22.1 Å². The predicted octanol–water partition coefficient (Wildman–Crippen LogP) is 5.98. The predicted molar refractivity (Wildman–Crippen MR) is 177 cm³/mol. The van der Waals surface area contributed by atoms with Crippen LogP contribution in [0, 0.1) is 0 Å². The lowest BCUT2D eigenvalue weighted by Crippen LogP contribution is -2.29. The van der Waals surface area contributed by atoms with Gasteiger partial charge in [-0.15, -0.1) is 0 Å². The van der Waals surface area contributed by atoms with E-state index in [4.69, 9.17) is 9.84 Å². The molecule has 0 fully saturated rings. The number of carboxylic acid groups (broad SMARTS) is 1. The maximum absolute atomic E-state index is 12.0. The van der Waals surface area contributed by atoms with E-state index in [1.54, 1.807) is 25.3 Å². The van der Waals surface area contributed by atoms with E-state index in [-0.39, 0.29) is 29.5 Å². The first-order chi connectivity index (χ1) is 22.1. The summed E-state index contributed by atoms with van der Waals surface area (Å²) in [7, 11) is 0. The quantitative estimate of drug-likeness (QED) is 0.144. The molecule has 4 N–H and O–H groups in total. The largest absolute Gasteiger partial charge is 0.505 e. The Kier molecular flexibility index (Phi) is 9.68. The number of aromatic hydroxyl groups is 2. The fourth-order valence-electron chi connectivity index (χ4n) is 4.68. The van der Waals surface area contributed by atoms with Crippen LogP contribution in [0.5, 0.6) is 11.5 Å². The van der Waals surface area contributed by atoms with Crippen molar-refractivity contribution in [1.29, 1.82) is 0 Å². The number of fused-ring (bicyclic) bond motifs is 2. The number of benzene rings is 2. The molecule has 234 valence electrons. The number of esters is 1. The normalized spacial score (nSPS) is 10.8. The van der Waals surface area contributed by atoms with Crippen LogP contribution < -0.4 is 5.32 Å². The fraction of sp³-hybridized carbons (Fsp3) is 0.0938. The van der Waals surface area contributed by atoms with Gasteiger partial charge in [-0.2, -0.15) is 0 Å². The highest BCUT2D eigenvalue weighted by Gasteiger charge is 2.21. The molecule has 14 heteroatoms. The van der Waals surface area contributed by atoms with Crippen molar-refractivity contribution in [3.05, 3.63) is 106 Å². The number of rotatable bonds is 7. The Morgan fingerprint density at radius 3 is 1.70 bits per heavy atom.